The molecular weight excluding hydrogens is 448 g/mol. The van der Waals surface area contributed by atoms with Gasteiger partial charge in [-0.25, -0.2) is 0 Å². The van der Waals surface area contributed by atoms with E-state index in [-0.39, 0.29) is 5.91 Å². The van der Waals surface area contributed by atoms with Crippen molar-refractivity contribution in [1.29, 1.82) is 0 Å². The van der Waals surface area contributed by atoms with Gasteiger partial charge in [-0.2, -0.15) is 0 Å². The Kier molecular flexibility index (Phi) is 4.64. The number of benzene rings is 3. The van der Waals surface area contributed by atoms with E-state index in [0.29, 0.717) is 17.9 Å². The van der Waals surface area contributed by atoms with E-state index >= 15 is 0 Å². The molecule has 1 aliphatic heterocycles. The first kappa shape index (κ1) is 19.1. The summed E-state index contributed by atoms with van der Waals surface area (Å²) in [5.74, 6) is 2.63. The predicted octanol–water partition coefficient (Wildman–Crippen LogP) is 7.00. The van der Waals surface area contributed by atoms with Crippen molar-refractivity contribution in [3.05, 3.63) is 94.0 Å². The topological polar surface area (TPSA) is 41.1 Å². The van der Waals surface area contributed by atoms with Gasteiger partial charge in [-0.3, -0.25) is 4.79 Å². The van der Waals surface area contributed by atoms with E-state index in [2.05, 4.69) is 69.0 Å². The summed E-state index contributed by atoms with van der Waals surface area (Å²) in [4.78, 5) is 13.0. The Morgan fingerprint density at radius 1 is 0.935 bits per heavy atom. The van der Waals surface area contributed by atoms with Crippen LogP contribution in [0.15, 0.2) is 77.3 Å². The Labute approximate surface area is 191 Å². The molecule has 1 heterocycles. The number of halogens is 1. The molecule has 3 aromatic rings. The highest BCUT2D eigenvalue weighted by atomic mass is 79.9. The molecule has 2 N–H and O–H groups in total. The van der Waals surface area contributed by atoms with E-state index < -0.39 is 0 Å². The first-order valence-corrected chi connectivity index (χ1v) is 12.0. The molecule has 31 heavy (non-hydrogen) atoms. The Balaban J connectivity index is 1.34. The smallest absolute Gasteiger partial charge is 0.255 e. The summed E-state index contributed by atoms with van der Waals surface area (Å²) in [5.41, 5.74) is 5.47. The van der Waals surface area contributed by atoms with Crippen molar-refractivity contribution in [2.24, 2.45) is 17.8 Å². The third-order valence-electron chi connectivity index (χ3n) is 7.61. The highest BCUT2D eigenvalue weighted by Crippen LogP contribution is 2.63. The van der Waals surface area contributed by atoms with E-state index in [9.17, 15) is 4.79 Å². The number of amides is 1. The average Bonchev–Trinajstić information content (AvgIpc) is 3.43. The second kappa shape index (κ2) is 7.52. The van der Waals surface area contributed by atoms with Gasteiger partial charge in [0, 0.05) is 21.4 Å². The molecule has 0 unspecified atom stereocenters. The molecule has 2 saturated carbocycles. The van der Waals surface area contributed by atoms with Crippen molar-refractivity contribution in [3.8, 4) is 0 Å². The van der Waals surface area contributed by atoms with Crippen molar-refractivity contribution in [2.45, 2.75) is 31.2 Å². The van der Waals surface area contributed by atoms with Gasteiger partial charge < -0.3 is 10.6 Å². The molecule has 156 valence electrons. The van der Waals surface area contributed by atoms with Crippen LogP contribution in [0.25, 0.3) is 0 Å². The molecule has 2 fully saturated rings. The van der Waals surface area contributed by atoms with Crippen molar-refractivity contribution in [3.63, 3.8) is 0 Å². The fraction of sp³-hybridized carbons (Fsp3) is 0.296. The second-order valence-electron chi connectivity index (χ2n) is 9.23. The average molecular weight is 473 g/mol. The minimum atomic E-state index is -0.0463. The number of nitrogens with one attached hydrogen (secondary N) is 2. The highest BCUT2D eigenvalue weighted by Gasteiger charge is 2.53. The van der Waals surface area contributed by atoms with Crippen LogP contribution in [0, 0.1) is 17.8 Å². The summed E-state index contributed by atoms with van der Waals surface area (Å²) in [7, 11) is 0. The third-order valence-corrected chi connectivity index (χ3v) is 8.14. The fourth-order valence-corrected chi connectivity index (χ4v) is 6.62. The van der Waals surface area contributed by atoms with Crippen LogP contribution in [-0.4, -0.2) is 5.91 Å². The Morgan fingerprint density at radius 3 is 2.52 bits per heavy atom. The number of fused-ring (bicyclic) bond motifs is 7. The van der Waals surface area contributed by atoms with Crippen LogP contribution in [0.1, 0.15) is 52.7 Å². The summed E-state index contributed by atoms with van der Waals surface area (Å²) >= 11 is 3.44. The molecule has 0 saturated heterocycles. The van der Waals surface area contributed by atoms with Crippen LogP contribution in [0.3, 0.4) is 0 Å². The number of hydrogen-bond donors (Lipinski definition) is 2. The van der Waals surface area contributed by atoms with Gasteiger partial charge in [-0.15, -0.1) is 0 Å². The van der Waals surface area contributed by atoms with Crippen LogP contribution in [-0.2, 0) is 0 Å². The molecule has 0 aromatic heterocycles. The minimum Gasteiger partial charge on any atom is -0.378 e. The minimum absolute atomic E-state index is 0.0463. The van der Waals surface area contributed by atoms with Gasteiger partial charge in [0.25, 0.3) is 5.91 Å². The lowest BCUT2D eigenvalue weighted by molar-refractivity contribution is 0.102. The van der Waals surface area contributed by atoms with Crippen LogP contribution in [0.2, 0.25) is 0 Å². The van der Waals surface area contributed by atoms with Gasteiger partial charge in [0.1, 0.15) is 0 Å². The van der Waals surface area contributed by atoms with E-state index in [1.807, 2.05) is 30.3 Å². The maximum absolute atomic E-state index is 13.0. The van der Waals surface area contributed by atoms with Gasteiger partial charge in [-0.1, -0.05) is 46.3 Å². The maximum Gasteiger partial charge on any atom is 0.255 e. The standard InChI is InChI=1S/C27H25BrN2O/c28-20-9-11-21(12-10-20)29-27(31)19-8-13-23-22(15-19)24-17-6-7-18(14-17)25(24)26(30-23)16-4-2-1-3-5-16/h1-5,8-13,15,17-18,24-26,30H,6-7,14H2,(H,29,31)/t17-,18+,24-,25-,26+/m1/s1. The molecule has 3 aromatic carbocycles. The Morgan fingerprint density at radius 2 is 1.71 bits per heavy atom. The molecule has 5 atom stereocenters. The van der Waals surface area contributed by atoms with Crippen molar-refractivity contribution in [2.75, 3.05) is 10.6 Å². The van der Waals surface area contributed by atoms with Crippen LogP contribution in [0.5, 0.6) is 0 Å². The quantitative estimate of drug-likeness (QED) is 0.430. The summed E-state index contributed by atoms with van der Waals surface area (Å²) in [6.45, 7) is 0. The zero-order valence-corrected chi connectivity index (χ0v) is 18.8. The molecular formula is C27H25BrN2O. The molecule has 3 aliphatic rings. The Bertz CT molecular complexity index is 1130. The summed E-state index contributed by atoms with van der Waals surface area (Å²) in [5, 5.41) is 6.90. The molecule has 6 rings (SSSR count). The van der Waals surface area contributed by atoms with E-state index in [4.69, 9.17) is 0 Å². The normalized spacial score (nSPS) is 27.8. The number of carbonyl (C=O) groups excluding carboxylic acids is 1. The van der Waals surface area contributed by atoms with Crippen molar-refractivity contribution < 1.29 is 4.79 Å². The van der Waals surface area contributed by atoms with E-state index in [1.165, 1.54) is 36.1 Å². The third kappa shape index (κ3) is 3.28. The van der Waals surface area contributed by atoms with Crippen molar-refractivity contribution in [1.82, 2.24) is 0 Å². The first-order valence-electron chi connectivity index (χ1n) is 11.2. The molecule has 1 amide bonds. The van der Waals surface area contributed by atoms with E-state index in [0.717, 1.165) is 27.6 Å². The number of carbonyl (C=O) groups is 1. The van der Waals surface area contributed by atoms with E-state index in [1.54, 1.807) is 0 Å². The highest BCUT2D eigenvalue weighted by molar-refractivity contribution is 9.10. The summed E-state index contributed by atoms with van der Waals surface area (Å²) in [6, 6.07) is 25.2. The predicted molar refractivity (Wildman–Crippen MR) is 128 cm³/mol. The van der Waals surface area contributed by atoms with Crippen LogP contribution < -0.4 is 10.6 Å². The first-order chi connectivity index (χ1) is 15.2. The molecule has 2 aliphatic carbocycles. The lowest BCUT2D eigenvalue weighted by Crippen LogP contribution is -2.35. The van der Waals surface area contributed by atoms with Gasteiger partial charge in [0.2, 0.25) is 0 Å². The molecule has 4 heteroatoms. The van der Waals surface area contributed by atoms with Gasteiger partial charge in [-0.05, 0) is 96.5 Å². The largest absolute Gasteiger partial charge is 0.378 e. The number of hydrogen-bond acceptors (Lipinski definition) is 2. The van der Waals surface area contributed by atoms with Gasteiger partial charge >= 0.3 is 0 Å². The molecule has 3 nitrogen and oxygen atoms in total. The summed E-state index contributed by atoms with van der Waals surface area (Å²) < 4.78 is 1.00. The summed E-state index contributed by atoms with van der Waals surface area (Å²) in [6.07, 6.45) is 3.99. The second-order valence-corrected chi connectivity index (χ2v) is 10.1. The monoisotopic (exact) mass is 472 g/mol. The molecule has 2 bridgehead atoms. The SMILES string of the molecule is O=C(Nc1ccc(Br)cc1)c1ccc2c(c1)[C@H]1[C@@H]3CC[C@@H](C3)[C@H]1[C@H](c1ccccc1)N2. The molecule has 0 radical (unpaired) electrons. The van der Waals surface area contributed by atoms with Crippen molar-refractivity contribution >= 4 is 33.2 Å². The fourth-order valence-electron chi connectivity index (χ4n) is 6.35. The zero-order valence-electron chi connectivity index (χ0n) is 17.2. The lowest BCUT2D eigenvalue weighted by atomic mass is 9.68. The van der Waals surface area contributed by atoms with Crippen LogP contribution >= 0.6 is 15.9 Å². The Hall–Kier alpha value is -2.59. The number of rotatable bonds is 3. The molecule has 0 spiro atoms. The van der Waals surface area contributed by atoms with Gasteiger partial charge in [0.15, 0.2) is 0 Å². The lowest BCUT2D eigenvalue weighted by Gasteiger charge is -2.43. The van der Waals surface area contributed by atoms with Gasteiger partial charge in [0.05, 0.1) is 6.04 Å². The van der Waals surface area contributed by atoms with Crippen LogP contribution in [0.4, 0.5) is 11.4 Å². The zero-order chi connectivity index (χ0) is 20.9. The number of anilines is 2. The maximum atomic E-state index is 13.0.